The number of amides is 1. The van der Waals surface area contributed by atoms with Gasteiger partial charge in [0, 0.05) is 0 Å². The van der Waals surface area contributed by atoms with Gasteiger partial charge in [0.1, 0.15) is 17.8 Å². The molecule has 148 valence electrons. The molecule has 12 heteroatoms. The lowest BCUT2D eigenvalue weighted by molar-refractivity contribution is -0.138. The van der Waals surface area contributed by atoms with Crippen molar-refractivity contribution in [2.24, 2.45) is 10.3 Å². The van der Waals surface area contributed by atoms with Gasteiger partial charge in [0.15, 0.2) is 0 Å². The SMILES string of the molecule is N#Cc1c(/N=N/N(C=O)c2cccc(C(F)(F)F)c2C#N)cccc1C(F)(F)F. The summed E-state index contributed by atoms with van der Waals surface area (Å²) in [6, 6.07) is 7.70. The number of alkyl halides is 6. The van der Waals surface area contributed by atoms with Crippen LogP contribution < -0.4 is 5.01 Å². The molecule has 0 saturated heterocycles. The maximum Gasteiger partial charge on any atom is 0.417 e. The third-order valence-corrected chi connectivity index (χ3v) is 3.51. The summed E-state index contributed by atoms with van der Waals surface area (Å²) in [6.07, 6.45) is -9.85. The smallest absolute Gasteiger partial charge is 0.276 e. The van der Waals surface area contributed by atoms with Gasteiger partial charge >= 0.3 is 12.4 Å². The minimum absolute atomic E-state index is 0.0838. The van der Waals surface area contributed by atoms with E-state index >= 15 is 0 Å². The Hall–Kier alpha value is -3.93. The molecule has 2 aromatic rings. The van der Waals surface area contributed by atoms with Crippen molar-refractivity contribution in [2.75, 3.05) is 5.01 Å². The molecule has 0 heterocycles. The maximum atomic E-state index is 13.0. The molecule has 0 saturated carbocycles. The van der Waals surface area contributed by atoms with Crippen molar-refractivity contribution in [3.63, 3.8) is 0 Å². The molecule has 0 unspecified atom stereocenters. The standard InChI is InChI=1S/C17H7F6N5O/c18-16(19,20)12-3-1-5-14(10(12)7-24)26-27-28(9-29)15-6-2-4-13(11(15)8-25)17(21,22)23/h1-6,9H/b27-26+. The average molecular weight is 411 g/mol. The molecule has 0 radical (unpaired) electrons. The van der Waals surface area contributed by atoms with Gasteiger partial charge < -0.3 is 0 Å². The van der Waals surface area contributed by atoms with Crippen molar-refractivity contribution < 1.29 is 31.1 Å². The van der Waals surface area contributed by atoms with Crippen LogP contribution in [0.25, 0.3) is 0 Å². The Morgan fingerprint density at radius 2 is 1.38 bits per heavy atom. The predicted octanol–water partition coefficient (Wildman–Crippen LogP) is 5.13. The summed E-state index contributed by atoms with van der Waals surface area (Å²) >= 11 is 0. The Morgan fingerprint density at radius 3 is 1.86 bits per heavy atom. The summed E-state index contributed by atoms with van der Waals surface area (Å²) in [7, 11) is 0. The highest BCUT2D eigenvalue weighted by molar-refractivity contribution is 5.78. The van der Waals surface area contributed by atoms with Crippen LogP contribution in [0.3, 0.4) is 0 Å². The van der Waals surface area contributed by atoms with Crippen molar-refractivity contribution >= 4 is 17.8 Å². The number of benzene rings is 2. The number of halogens is 6. The first-order chi connectivity index (χ1) is 13.5. The van der Waals surface area contributed by atoms with E-state index in [1.807, 2.05) is 0 Å². The van der Waals surface area contributed by atoms with E-state index in [1.165, 1.54) is 12.1 Å². The van der Waals surface area contributed by atoms with Crippen molar-refractivity contribution in [3.8, 4) is 12.1 Å². The topological polar surface area (TPSA) is 92.6 Å². The minimum atomic E-state index is -4.90. The fraction of sp³-hybridized carbons (Fsp3) is 0.118. The third kappa shape index (κ3) is 4.50. The number of anilines is 1. The van der Waals surface area contributed by atoms with Crippen molar-refractivity contribution in [1.82, 2.24) is 0 Å². The lowest BCUT2D eigenvalue weighted by Crippen LogP contribution is -2.17. The number of nitrogens with zero attached hydrogens (tertiary/aromatic N) is 5. The molecule has 0 aliphatic carbocycles. The first-order valence-electron chi connectivity index (χ1n) is 7.41. The molecule has 1 amide bonds. The molecule has 0 bridgehead atoms. The van der Waals surface area contributed by atoms with E-state index in [2.05, 4.69) is 10.3 Å². The van der Waals surface area contributed by atoms with Crippen molar-refractivity contribution in [1.29, 1.82) is 10.5 Å². The summed E-state index contributed by atoms with van der Waals surface area (Å²) in [5.74, 6) is 0. The van der Waals surface area contributed by atoms with E-state index in [-0.39, 0.29) is 11.4 Å². The summed E-state index contributed by atoms with van der Waals surface area (Å²) in [5.41, 5.74) is -5.62. The van der Waals surface area contributed by atoms with E-state index in [0.717, 1.165) is 24.3 Å². The first kappa shape index (κ1) is 21.4. The molecular weight excluding hydrogens is 404 g/mol. The van der Waals surface area contributed by atoms with Crippen molar-refractivity contribution in [2.45, 2.75) is 12.4 Å². The number of hydrogen-bond acceptors (Lipinski definition) is 5. The largest absolute Gasteiger partial charge is 0.417 e. The lowest BCUT2D eigenvalue weighted by atomic mass is 10.1. The third-order valence-electron chi connectivity index (χ3n) is 3.51. The summed E-state index contributed by atoms with van der Waals surface area (Å²) in [6.45, 7) is 0. The molecule has 0 aliphatic heterocycles. The van der Waals surface area contributed by atoms with E-state index in [9.17, 15) is 31.1 Å². The minimum Gasteiger partial charge on any atom is -0.276 e. The molecule has 0 fully saturated rings. The second kappa shape index (κ2) is 7.98. The van der Waals surface area contributed by atoms with Crippen molar-refractivity contribution in [3.05, 3.63) is 58.7 Å². The van der Waals surface area contributed by atoms with Crippen LogP contribution in [0.4, 0.5) is 37.7 Å². The van der Waals surface area contributed by atoms with Gasteiger partial charge in [-0.15, -0.1) is 5.11 Å². The molecule has 0 aliphatic rings. The molecule has 0 aromatic heterocycles. The van der Waals surface area contributed by atoms with Crippen LogP contribution in [0.5, 0.6) is 0 Å². The van der Waals surface area contributed by atoms with Gasteiger partial charge in [-0.1, -0.05) is 17.4 Å². The molecule has 2 aromatic carbocycles. The van der Waals surface area contributed by atoms with E-state index in [4.69, 9.17) is 10.5 Å². The van der Waals surface area contributed by atoms with E-state index in [1.54, 1.807) is 0 Å². The second-order valence-electron chi connectivity index (χ2n) is 5.26. The van der Waals surface area contributed by atoms with Gasteiger partial charge in [-0.2, -0.15) is 41.9 Å². The fourth-order valence-electron chi connectivity index (χ4n) is 2.28. The van der Waals surface area contributed by atoms with Crippen LogP contribution in [0.15, 0.2) is 46.7 Å². The molecular formula is C17H7F6N5O. The van der Waals surface area contributed by atoms with Gasteiger partial charge in [0.2, 0.25) is 6.41 Å². The Balaban J connectivity index is 2.56. The van der Waals surface area contributed by atoms with Gasteiger partial charge in [0.25, 0.3) is 0 Å². The monoisotopic (exact) mass is 411 g/mol. The zero-order valence-electron chi connectivity index (χ0n) is 14.0. The summed E-state index contributed by atoms with van der Waals surface area (Å²) in [5, 5.41) is 25.0. The van der Waals surface area contributed by atoms with E-state index < -0.39 is 46.0 Å². The zero-order chi connectivity index (χ0) is 21.8. The molecule has 0 N–H and O–H groups in total. The molecule has 2 rings (SSSR count). The number of carbonyl (C=O) groups is 1. The zero-order valence-corrected chi connectivity index (χ0v) is 14.0. The summed E-state index contributed by atoms with van der Waals surface area (Å²) in [4.78, 5) is 11.3. The Kier molecular flexibility index (Phi) is 5.88. The molecule has 6 nitrogen and oxygen atoms in total. The van der Waals surface area contributed by atoms with Crippen LogP contribution in [0.1, 0.15) is 22.3 Å². The molecule has 0 spiro atoms. The lowest BCUT2D eigenvalue weighted by Gasteiger charge is -2.15. The first-order valence-corrected chi connectivity index (χ1v) is 7.41. The molecule has 29 heavy (non-hydrogen) atoms. The van der Waals surface area contributed by atoms with Crippen LogP contribution in [0, 0.1) is 22.7 Å². The average Bonchev–Trinajstić information content (AvgIpc) is 2.66. The van der Waals surface area contributed by atoms with Gasteiger partial charge in [0.05, 0.1) is 27.9 Å². The number of nitriles is 2. The highest BCUT2D eigenvalue weighted by atomic mass is 19.4. The Bertz CT molecular complexity index is 1050. The van der Waals surface area contributed by atoms with Gasteiger partial charge in [-0.3, -0.25) is 4.79 Å². The highest BCUT2D eigenvalue weighted by Gasteiger charge is 2.36. The van der Waals surface area contributed by atoms with Crippen LogP contribution in [-0.4, -0.2) is 6.41 Å². The number of rotatable bonds is 4. The quantitative estimate of drug-likeness (QED) is 0.302. The van der Waals surface area contributed by atoms with E-state index in [0.29, 0.717) is 12.1 Å². The van der Waals surface area contributed by atoms with Crippen LogP contribution in [-0.2, 0) is 17.1 Å². The molecule has 0 atom stereocenters. The maximum absolute atomic E-state index is 13.0. The van der Waals surface area contributed by atoms with Gasteiger partial charge in [-0.25, -0.2) is 0 Å². The number of hydrogen-bond donors (Lipinski definition) is 0. The summed E-state index contributed by atoms with van der Waals surface area (Å²) < 4.78 is 78.0. The number of carbonyl (C=O) groups excluding carboxylic acids is 1. The van der Waals surface area contributed by atoms with Gasteiger partial charge in [-0.05, 0) is 24.3 Å². The fourth-order valence-corrected chi connectivity index (χ4v) is 2.28. The second-order valence-corrected chi connectivity index (χ2v) is 5.26. The highest BCUT2D eigenvalue weighted by Crippen LogP contribution is 2.37. The van der Waals surface area contributed by atoms with Crippen LogP contribution in [0.2, 0.25) is 0 Å². The van der Waals surface area contributed by atoms with Crippen LogP contribution >= 0.6 is 0 Å². The Labute approximate surface area is 158 Å². The predicted molar refractivity (Wildman–Crippen MR) is 85.4 cm³/mol. The Morgan fingerprint density at radius 1 is 0.862 bits per heavy atom. The normalized spacial score (nSPS) is 11.7.